The molecule has 0 amide bonds. The quantitative estimate of drug-likeness (QED) is 0.276. The summed E-state index contributed by atoms with van der Waals surface area (Å²) in [5.41, 5.74) is 3.44. The van der Waals surface area contributed by atoms with Gasteiger partial charge in [-0.25, -0.2) is 4.58 Å². The molecule has 1 aromatic rings. The molecule has 1 aromatic heterocycles. The Hall–Kier alpha value is -2.20. The minimum atomic E-state index is 0.00626. The van der Waals surface area contributed by atoms with Crippen LogP contribution in [-0.4, -0.2) is 71.6 Å². The summed E-state index contributed by atoms with van der Waals surface area (Å²) in [7, 11) is 5.99. The molecule has 2 heterocycles. The standard InChI is InChI=1S/C22H34N5OS/c1-7-8-15-28-22(26(4)5)25-13-10-9-11-18(23-3)19-16-29-20-12-14-24-17(2)21(20)27(19)6/h3,12-14,18H,7-11,15-16H2,1-2,4-6H3/q+3. The fourth-order valence-electron chi connectivity index (χ4n) is 3.23. The first-order valence-electron chi connectivity index (χ1n) is 10.3. The van der Waals surface area contributed by atoms with Crippen molar-refractivity contribution in [2.75, 3.05) is 33.5 Å². The lowest BCUT2D eigenvalue weighted by molar-refractivity contribution is -0.475. The average molecular weight is 417 g/mol. The minimum Gasteiger partial charge on any atom is -0.428 e. The Labute approximate surface area is 179 Å². The van der Waals surface area contributed by atoms with E-state index in [1.54, 1.807) is 0 Å². The van der Waals surface area contributed by atoms with Crippen molar-refractivity contribution in [2.24, 2.45) is 4.99 Å². The van der Waals surface area contributed by atoms with Crippen LogP contribution in [0.5, 0.6) is 0 Å². The monoisotopic (exact) mass is 416 g/mol. The molecule has 0 saturated carbocycles. The number of rotatable bonds is 8. The molecular weight excluding hydrogens is 382 g/mol. The number of unbranched alkanes of at least 4 members (excludes halogenated alkanes) is 2. The van der Waals surface area contributed by atoms with Crippen molar-refractivity contribution in [3.8, 4) is 6.57 Å². The molecule has 29 heavy (non-hydrogen) atoms. The van der Waals surface area contributed by atoms with Gasteiger partial charge >= 0.3 is 12.1 Å². The van der Waals surface area contributed by atoms with Crippen molar-refractivity contribution >= 4 is 35.4 Å². The van der Waals surface area contributed by atoms with Gasteiger partial charge in [0.25, 0.3) is 12.3 Å². The Morgan fingerprint density at radius 3 is 2.97 bits per heavy atom. The van der Waals surface area contributed by atoms with Gasteiger partial charge in [0, 0.05) is 19.0 Å². The minimum absolute atomic E-state index is 0.00626. The summed E-state index contributed by atoms with van der Waals surface area (Å²) >= 11 is 1.83. The first-order chi connectivity index (χ1) is 14.0. The third-order valence-electron chi connectivity index (χ3n) is 4.90. The van der Waals surface area contributed by atoms with Crippen LogP contribution in [0.1, 0.15) is 44.7 Å². The van der Waals surface area contributed by atoms with Gasteiger partial charge in [0.15, 0.2) is 0 Å². The summed E-state index contributed by atoms with van der Waals surface area (Å²) in [6.07, 6.45) is 8.67. The Balaban J connectivity index is 1.96. The summed E-state index contributed by atoms with van der Waals surface area (Å²) in [5.74, 6) is 0.899. The van der Waals surface area contributed by atoms with Gasteiger partial charge < -0.3 is 4.74 Å². The molecule has 0 fully saturated rings. The van der Waals surface area contributed by atoms with Crippen LogP contribution >= 0.6 is 11.8 Å². The van der Waals surface area contributed by atoms with Crippen LogP contribution in [0.15, 0.2) is 22.2 Å². The molecule has 2 rings (SSSR count). The van der Waals surface area contributed by atoms with E-state index in [1.165, 1.54) is 16.3 Å². The Bertz CT molecular complexity index is 834. The number of aliphatic imine (C=N–C) groups is 1. The van der Waals surface area contributed by atoms with Gasteiger partial charge in [0.1, 0.15) is 19.0 Å². The number of aromatic nitrogens is 1. The molecule has 0 saturated heterocycles. The van der Waals surface area contributed by atoms with Gasteiger partial charge in [-0.1, -0.05) is 18.2 Å². The molecule has 6 nitrogen and oxygen atoms in total. The molecule has 1 aliphatic rings. The van der Waals surface area contributed by atoms with Crippen molar-refractivity contribution < 1.29 is 13.9 Å². The maximum Gasteiger partial charge on any atom is 0.492 e. The second kappa shape index (κ2) is 11.7. The normalized spacial score (nSPS) is 14.5. The van der Waals surface area contributed by atoms with Crippen LogP contribution in [0.4, 0.5) is 5.69 Å². The van der Waals surface area contributed by atoms with E-state index in [9.17, 15) is 0 Å². The van der Waals surface area contributed by atoms with Gasteiger partial charge in [-0.15, -0.1) is 11.8 Å². The van der Waals surface area contributed by atoms with Crippen molar-refractivity contribution in [1.29, 1.82) is 0 Å². The maximum atomic E-state index is 5.78. The highest BCUT2D eigenvalue weighted by atomic mass is 32.2. The van der Waals surface area contributed by atoms with Crippen LogP contribution < -0.4 is 0 Å². The van der Waals surface area contributed by atoms with Gasteiger partial charge in [0.05, 0.1) is 31.4 Å². The number of aryl methyl sites for hydroxylation is 1. The second-order valence-corrected chi connectivity index (χ2v) is 8.39. The summed E-state index contributed by atoms with van der Waals surface area (Å²) in [6, 6.07) is 2.75. The third kappa shape index (κ3) is 6.40. The molecule has 7 heteroatoms. The highest BCUT2D eigenvalue weighted by molar-refractivity contribution is 8.00. The van der Waals surface area contributed by atoms with Crippen molar-refractivity contribution in [2.45, 2.75) is 56.9 Å². The summed E-state index contributed by atoms with van der Waals surface area (Å²) in [4.78, 5) is 14.4. The zero-order valence-electron chi connectivity index (χ0n) is 18.4. The molecule has 0 spiro atoms. The number of thioether (sulfide) groups is 1. The van der Waals surface area contributed by atoms with E-state index in [2.05, 4.69) is 39.4 Å². The van der Waals surface area contributed by atoms with Crippen LogP contribution in [0.3, 0.4) is 0 Å². The van der Waals surface area contributed by atoms with Crippen molar-refractivity contribution in [3.63, 3.8) is 0 Å². The number of amidine groups is 1. The van der Waals surface area contributed by atoms with E-state index in [0.717, 1.165) is 43.6 Å². The number of hydrogen-bond acceptors (Lipinski definition) is 3. The van der Waals surface area contributed by atoms with Gasteiger partial charge in [0.2, 0.25) is 5.69 Å². The highest BCUT2D eigenvalue weighted by Crippen LogP contribution is 2.35. The molecule has 0 radical (unpaired) electrons. The van der Waals surface area contributed by atoms with Crippen LogP contribution in [0.2, 0.25) is 0 Å². The Morgan fingerprint density at radius 2 is 2.28 bits per heavy atom. The van der Waals surface area contributed by atoms with Crippen LogP contribution in [0, 0.1) is 13.5 Å². The number of fused-ring (bicyclic) bond motifs is 1. The largest absolute Gasteiger partial charge is 0.492 e. The Kier molecular flexibility index (Phi) is 9.33. The Morgan fingerprint density at radius 1 is 1.48 bits per heavy atom. The molecule has 1 atom stereocenters. The highest BCUT2D eigenvalue weighted by Gasteiger charge is 2.37. The number of nitrogens with zero attached hydrogens (tertiary/aromatic N) is 5. The van der Waals surface area contributed by atoms with E-state index in [0.29, 0.717) is 12.6 Å². The summed E-state index contributed by atoms with van der Waals surface area (Å²) < 4.78 is 9.86. The number of ether oxygens (including phenoxy) is 1. The van der Waals surface area contributed by atoms with E-state index >= 15 is 0 Å². The van der Waals surface area contributed by atoms with Gasteiger partial charge in [-0.2, -0.15) is 4.58 Å². The number of pyridine rings is 1. The smallest absolute Gasteiger partial charge is 0.428 e. The van der Waals surface area contributed by atoms with E-state index in [4.69, 9.17) is 11.3 Å². The molecule has 156 valence electrons. The molecular formula is C22H34N5OS+3. The fourth-order valence-corrected chi connectivity index (χ4v) is 4.50. The van der Waals surface area contributed by atoms with Gasteiger partial charge in [-0.3, -0.25) is 4.98 Å². The summed E-state index contributed by atoms with van der Waals surface area (Å²) in [5, 5.41) is 0. The van der Waals surface area contributed by atoms with Crippen LogP contribution in [0.25, 0.3) is 4.85 Å². The predicted octanol–water partition coefficient (Wildman–Crippen LogP) is 4.23. The van der Waals surface area contributed by atoms with E-state index < -0.39 is 0 Å². The molecule has 1 aliphatic heterocycles. The molecule has 1 unspecified atom stereocenters. The van der Waals surface area contributed by atoms with E-state index in [-0.39, 0.29) is 6.04 Å². The zero-order chi connectivity index (χ0) is 21.2. The molecule has 0 N–H and O–H groups in total. The average Bonchev–Trinajstić information content (AvgIpc) is 2.70. The van der Waals surface area contributed by atoms with Crippen molar-refractivity contribution in [1.82, 2.24) is 4.98 Å². The first-order valence-corrected chi connectivity index (χ1v) is 11.3. The number of hydrogen-bond donors (Lipinski definition) is 0. The second-order valence-electron chi connectivity index (χ2n) is 7.37. The topological polar surface area (TPSA) is 44.9 Å². The fraction of sp³-hybridized carbons (Fsp3) is 0.591. The van der Waals surface area contributed by atoms with E-state index in [1.807, 2.05) is 49.8 Å². The molecule has 0 aliphatic carbocycles. The molecule has 0 aromatic carbocycles. The maximum absolute atomic E-state index is 5.78. The first kappa shape index (κ1) is 23.1. The summed E-state index contributed by atoms with van der Waals surface area (Å²) in [6.45, 7) is 10.7. The predicted molar refractivity (Wildman–Crippen MR) is 123 cm³/mol. The third-order valence-corrected chi connectivity index (χ3v) is 5.98. The lowest BCUT2D eigenvalue weighted by Crippen LogP contribution is -2.30. The van der Waals surface area contributed by atoms with Crippen molar-refractivity contribution in [3.05, 3.63) is 22.8 Å². The van der Waals surface area contributed by atoms with Crippen LogP contribution in [-0.2, 0) is 4.74 Å². The van der Waals surface area contributed by atoms with Gasteiger partial charge in [-0.05, 0) is 30.8 Å². The molecule has 0 bridgehead atoms. The lowest BCUT2D eigenvalue weighted by atomic mass is 10.1. The zero-order valence-corrected chi connectivity index (χ0v) is 19.2. The SMILES string of the molecule is C#[N+]C(CCCC=NC(OCCCC)=[N+](C)C)C1=[N+](C)c2c(ccnc2C)SC1. The lowest BCUT2D eigenvalue weighted by Gasteiger charge is -2.15.